The summed E-state index contributed by atoms with van der Waals surface area (Å²) < 4.78 is 31.6. The van der Waals surface area contributed by atoms with Gasteiger partial charge in [0.05, 0.1) is 24.0 Å². The van der Waals surface area contributed by atoms with E-state index in [0.717, 1.165) is 4.90 Å². The molecule has 0 spiro atoms. The van der Waals surface area contributed by atoms with Gasteiger partial charge in [0.15, 0.2) is 6.61 Å². The molecule has 0 aliphatic carbocycles. The summed E-state index contributed by atoms with van der Waals surface area (Å²) in [7, 11) is -3.95. The highest BCUT2D eigenvalue weighted by Gasteiger charge is 2.33. The number of cyclic esters (lactones) is 1. The molecule has 0 bridgehead atoms. The van der Waals surface area contributed by atoms with Crippen LogP contribution in [0.15, 0.2) is 59.5 Å². The van der Waals surface area contributed by atoms with Crippen molar-refractivity contribution in [2.45, 2.75) is 10.9 Å². The van der Waals surface area contributed by atoms with Crippen LogP contribution in [0, 0.1) is 0 Å². The summed E-state index contributed by atoms with van der Waals surface area (Å²) in [5.74, 6) is -1.16. The molecule has 1 aliphatic rings. The van der Waals surface area contributed by atoms with Gasteiger partial charge >= 0.3 is 6.09 Å². The van der Waals surface area contributed by atoms with Crippen molar-refractivity contribution in [2.75, 3.05) is 19.7 Å². The van der Waals surface area contributed by atoms with Crippen molar-refractivity contribution >= 4 is 39.5 Å². The van der Waals surface area contributed by atoms with Crippen molar-refractivity contribution in [3.8, 4) is 0 Å². The average Bonchev–Trinajstić information content (AvgIpc) is 3.04. The number of halogens is 1. The topological polar surface area (TPSA) is 122 Å². The van der Waals surface area contributed by atoms with Crippen LogP contribution in [0.2, 0.25) is 5.02 Å². The Bertz CT molecular complexity index is 1040. The number of ether oxygens (including phenoxy) is 1. The van der Waals surface area contributed by atoms with Crippen LogP contribution in [-0.2, 0) is 24.3 Å². The number of carbonyl (C=O) groups excluding carboxylic acids is 3. The van der Waals surface area contributed by atoms with Crippen LogP contribution in [0.3, 0.4) is 0 Å². The average molecular weight is 452 g/mol. The quantitative estimate of drug-likeness (QED) is 0.626. The lowest BCUT2D eigenvalue weighted by Crippen LogP contribution is -2.43. The van der Waals surface area contributed by atoms with E-state index in [9.17, 15) is 22.8 Å². The molecule has 1 aliphatic heterocycles. The van der Waals surface area contributed by atoms with Crippen molar-refractivity contribution < 1.29 is 27.5 Å². The second-order valence-electron chi connectivity index (χ2n) is 6.37. The molecule has 2 aromatic rings. The van der Waals surface area contributed by atoms with E-state index in [1.807, 2.05) is 0 Å². The highest BCUT2D eigenvalue weighted by atomic mass is 35.5. The molecule has 0 saturated carbocycles. The maximum atomic E-state index is 12.4. The highest BCUT2D eigenvalue weighted by Crippen LogP contribution is 2.18. The Morgan fingerprint density at radius 1 is 1.13 bits per heavy atom. The van der Waals surface area contributed by atoms with E-state index >= 15 is 0 Å². The Morgan fingerprint density at radius 3 is 2.50 bits per heavy atom. The molecule has 2 aromatic carbocycles. The molecule has 3 amide bonds. The molecule has 1 saturated heterocycles. The number of nitrogens with one attached hydrogen (secondary N) is 2. The van der Waals surface area contributed by atoms with Crippen molar-refractivity contribution in [3.63, 3.8) is 0 Å². The van der Waals surface area contributed by atoms with Gasteiger partial charge in [-0.15, -0.1) is 0 Å². The van der Waals surface area contributed by atoms with E-state index in [1.165, 1.54) is 24.3 Å². The number of hydrogen-bond donors (Lipinski definition) is 2. The number of rotatable bonds is 8. The fraction of sp³-hybridized carbons (Fsp3) is 0.211. The molecule has 11 heteroatoms. The lowest BCUT2D eigenvalue weighted by atomic mass is 10.1. The van der Waals surface area contributed by atoms with E-state index in [1.54, 1.807) is 30.3 Å². The first-order valence-electron chi connectivity index (χ1n) is 8.83. The third-order valence-corrected chi connectivity index (χ3v) is 5.91. The highest BCUT2D eigenvalue weighted by molar-refractivity contribution is 7.89. The molecule has 1 fully saturated rings. The Labute approximate surface area is 178 Å². The fourth-order valence-electron chi connectivity index (χ4n) is 2.78. The van der Waals surface area contributed by atoms with Gasteiger partial charge in [0.2, 0.25) is 15.9 Å². The molecule has 0 radical (unpaired) electrons. The Morgan fingerprint density at radius 2 is 1.87 bits per heavy atom. The molecule has 2 N–H and O–H groups in total. The van der Waals surface area contributed by atoms with Gasteiger partial charge in [0.25, 0.3) is 5.91 Å². The number of nitrogens with zero attached hydrogens (tertiary/aromatic N) is 1. The molecule has 0 aromatic heterocycles. The van der Waals surface area contributed by atoms with Crippen LogP contribution in [0.5, 0.6) is 0 Å². The molecule has 9 nitrogen and oxygen atoms in total. The number of hydrogen-bond acceptors (Lipinski definition) is 6. The summed E-state index contributed by atoms with van der Waals surface area (Å²) in [6, 6.07) is 13.6. The Balaban J connectivity index is 1.69. The van der Waals surface area contributed by atoms with E-state index in [4.69, 9.17) is 16.3 Å². The molecular weight excluding hydrogens is 434 g/mol. The normalized spacial score (nSPS) is 15.0. The summed E-state index contributed by atoms with van der Waals surface area (Å²) in [5.41, 5.74) is 0.635. The molecule has 158 valence electrons. The summed E-state index contributed by atoms with van der Waals surface area (Å²) in [6.45, 7) is -1.04. The lowest BCUT2D eigenvalue weighted by Gasteiger charge is -2.23. The lowest BCUT2D eigenvalue weighted by molar-refractivity contribution is -0.127. The summed E-state index contributed by atoms with van der Waals surface area (Å²) in [5, 5.41) is 2.89. The van der Waals surface area contributed by atoms with Gasteiger partial charge in [-0.3, -0.25) is 9.59 Å². The van der Waals surface area contributed by atoms with E-state index < -0.39 is 40.5 Å². The minimum absolute atomic E-state index is 0.0761. The number of carbonyl (C=O) groups is 3. The number of imide groups is 1. The number of amides is 3. The predicted molar refractivity (Wildman–Crippen MR) is 107 cm³/mol. The maximum absolute atomic E-state index is 12.4. The molecule has 3 rings (SSSR count). The van der Waals surface area contributed by atoms with Crippen molar-refractivity contribution in [3.05, 3.63) is 65.2 Å². The van der Waals surface area contributed by atoms with Gasteiger partial charge < -0.3 is 10.1 Å². The van der Waals surface area contributed by atoms with Gasteiger partial charge in [0.1, 0.15) is 0 Å². The monoisotopic (exact) mass is 451 g/mol. The third kappa shape index (κ3) is 5.35. The fourth-order valence-corrected chi connectivity index (χ4v) is 4.07. The second kappa shape index (κ2) is 9.24. The first-order valence-corrected chi connectivity index (χ1v) is 10.7. The van der Waals surface area contributed by atoms with Gasteiger partial charge in [-0.25, -0.2) is 22.8 Å². The smallest absolute Gasteiger partial charge is 0.417 e. The second-order valence-corrected chi connectivity index (χ2v) is 8.58. The summed E-state index contributed by atoms with van der Waals surface area (Å²) >= 11 is 5.81. The SMILES string of the molecule is O=C(CNS(=O)(=O)c1cccc(Cl)c1)NC(CN1C(=O)COC1=O)c1ccccc1. The molecule has 1 unspecified atom stereocenters. The molecule has 1 heterocycles. The maximum Gasteiger partial charge on any atom is 0.417 e. The first-order chi connectivity index (χ1) is 14.3. The van der Waals surface area contributed by atoms with Crippen molar-refractivity contribution in [2.24, 2.45) is 0 Å². The zero-order valence-corrected chi connectivity index (χ0v) is 17.2. The Hall–Kier alpha value is -2.95. The van der Waals surface area contributed by atoms with Crippen LogP contribution in [0.4, 0.5) is 4.79 Å². The van der Waals surface area contributed by atoms with Crippen LogP contribution in [0.1, 0.15) is 11.6 Å². The minimum Gasteiger partial charge on any atom is -0.439 e. The summed E-state index contributed by atoms with van der Waals surface area (Å²) in [6.07, 6.45) is -0.795. The minimum atomic E-state index is -3.95. The van der Waals surface area contributed by atoms with E-state index in [-0.39, 0.29) is 23.1 Å². The Kier molecular flexibility index (Phi) is 6.70. The molecular formula is C19H18ClN3O6S. The number of sulfonamides is 1. The summed E-state index contributed by atoms with van der Waals surface area (Å²) in [4.78, 5) is 36.8. The van der Waals surface area contributed by atoms with Gasteiger partial charge in [0, 0.05) is 5.02 Å². The van der Waals surface area contributed by atoms with Crippen molar-refractivity contribution in [1.82, 2.24) is 14.9 Å². The van der Waals surface area contributed by atoms with Crippen LogP contribution >= 0.6 is 11.6 Å². The zero-order valence-electron chi connectivity index (χ0n) is 15.6. The first kappa shape index (κ1) is 21.8. The predicted octanol–water partition coefficient (Wildman–Crippen LogP) is 1.45. The van der Waals surface area contributed by atoms with E-state index in [0.29, 0.717) is 5.56 Å². The zero-order chi connectivity index (χ0) is 21.7. The van der Waals surface area contributed by atoms with Gasteiger partial charge in [-0.1, -0.05) is 48.0 Å². The van der Waals surface area contributed by atoms with Crippen LogP contribution < -0.4 is 10.0 Å². The van der Waals surface area contributed by atoms with E-state index in [2.05, 4.69) is 10.0 Å². The van der Waals surface area contributed by atoms with Gasteiger partial charge in [-0.2, -0.15) is 0 Å². The van der Waals surface area contributed by atoms with Crippen LogP contribution in [0.25, 0.3) is 0 Å². The van der Waals surface area contributed by atoms with Gasteiger partial charge in [-0.05, 0) is 23.8 Å². The van der Waals surface area contributed by atoms with Crippen LogP contribution in [-0.4, -0.2) is 50.9 Å². The molecule has 30 heavy (non-hydrogen) atoms. The number of benzene rings is 2. The standard InChI is InChI=1S/C19H18ClN3O6S/c20-14-7-4-8-15(9-14)30(27,28)21-10-17(24)22-16(13-5-2-1-3-6-13)11-23-18(25)12-29-19(23)26/h1-9,16,21H,10-12H2,(H,22,24). The largest absolute Gasteiger partial charge is 0.439 e. The molecule has 1 atom stereocenters. The third-order valence-electron chi connectivity index (χ3n) is 4.27. The van der Waals surface area contributed by atoms with Crippen molar-refractivity contribution in [1.29, 1.82) is 0 Å².